The quantitative estimate of drug-likeness (QED) is 0.623. The van der Waals surface area contributed by atoms with E-state index < -0.39 is 0 Å². The molecular weight excluding hydrogens is 140 g/mol. The largest absolute Gasteiger partial charge is 0.276 e. The molecule has 0 rings (SSSR count). The lowest BCUT2D eigenvalue weighted by atomic mass is 10.2. The van der Waals surface area contributed by atoms with Crippen molar-refractivity contribution in [1.29, 1.82) is 0 Å². The number of amides is 1. The van der Waals surface area contributed by atoms with Gasteiger partial charge in [-0.3, -0.25) is 9.80 Å². The summed E-state index contributed by atoms with van der Waals surface area (Å²) in [6.07, 6.45) is 1.54. The van der Waals surface area contributed by atoms with E-state index in [1.54, 1.807) is 12.1 Å². The van der Waals surface area contributed by atoms with Crippen LogP contribution in [0.3, 0.4) is 0 Å². The lowest BCUT2D eigenvalue weighted by molar-refractivity contribution is -0.136. The summed E-state index contributed by atoms with van der Waals surface area (Å²) in [5, 5.41) is 1.68. The Bertz CT molecular complexity index is 125. The fourth-order valence-corrected chi connectivity index (χ4v) is 0.944. The van der Waals surface area contributed by atoms with E-state index in [0.29, 0.717) is 6.42 Å². The molecule has 0 bridgehead atoms. The lowest BCUT2D eigenvalue weighted by Gasteiger charge is -2.26. The van der Waals surface area contributed by atoms with Gasteiger partial charge >= 0.3 is 0 Å². The van der Waals surface area contributed by atoms with E-state index in [-0.39, 0.29) is 11.9 Å². The van der Waals surface area contributed by atoms with E-state index >= 15 is 0 Å². The van der Waals surface area contributed by atoms with Crippen molar-refractivity contribution < 1.29 is 4.79 Å². The Morgan fingerprint density at radius 1 is 1.55 bits per heavy atom. The number of nitrogens with zero attached hydrogens (tertiary/aromatic N) is 1. The second-order valence-electron chi connectivity index (χ2n) is 2.60. The first-order valence-electron chi connectivity index (χ1n) is 4.16. The standard InChI is InChI=1S/C8H18N2O/c1-5-7(3)10(9-4)8(11)6-2/h7,9H,5-6H2,1-4H3. The van der Waals surface area contributed by atoms with Crippen LogP contribution in [-0.4, -0.2) is 24.0 Å². The highest BCUT2D eigenvalue weighted by atomic mass is 16.2. The summed E-state index contributed by atoms with van der Waals surface area (Å²) in [7, 11) is 1.78. The predicted octanol–water partition coefficient (Wildman–Crippen LogP) is 1.16. The Kier molecular flexibility index (Phi) is 4.86. The van der Waals surface area contributed by atoms with Crippen LogP contribution in [0.15, 0.2) is 0 Å². The summed E-state index contributed by atoms with van der Waals surface area (Å²) < 4.78 is 0. The average Bonchev–Trinajstić information content (AvgIpc) is 2.05. The molecule has 0 aliphatic rings. The molecule has 1 atom stereocenters. The number of nitrogens with one attached hydrogen (secondary N) is 1. The molecule has 0 saturated carbocycles. The average molecular weight is 158 g/mol. The molecule has 0 aliphatic carbocycles. The monoisotopic (exact) mass is 158 g/mol. The highest BCUT2D eigenvalue weighted by Gasteiger charge is 2.14. The maximum Gasteiger partial charge on any atom is 0.236 e. The van der Waals surface area contributed by atoms with Crippen molar-refractivity contribution in [3.05, 3.63) is 0 Å². The van der Waals surface area contributed by atoms with Crippen molar-refractivity contribution in [2.24, 2.45) is 0 Å². The summed E-state index contributed by atoms with van der Waals surface area (Å²) in [6.45, 7) is 5.97. The van der Waals surface area contributed by atoms with Crippen molar-refractivity contribution in [2.45, 2.75) is 39.7 Å². The van der Waals surface area contributed by atoms with Gasteiger partial charge in [0.1, 0.15) is 0 Å². The van der Waals surface area contributed by atoms with Crippen LogP contribution < -0.4 is 5.43 Å². The third-order valence-electron chi connectivity index (χ3n) is 1.84. The van der Waals surface area contributed by atoms with Crippen LogP contribution in [0.2, 0.25) is 0 Å². The molecular formula is C8H18N2O. The van der Waals surface area contributed by atoms with Crippen molar-refractivity contribution >= 4 is 5.91 Å². The first-order chi connectivity index (χ1) is 5.17. The van der Waals surface area contributed by atoms with Crippen LogP contribution in [0, 0.1) is 0 Å². The normalized spacial score (nSPS) is 12.7. The summed E-state index contributed by atoms with van der Waals surface area (Å²) in [5.41, 5.74) is 2.89. The van der Waals surface area contributed by atoms with Gasteiger partial charge in [-0.15, -0.1) is 0 Å². The number of hydrogen-bond donors (Lipinski definition) is 1. The first kappa shape index (κ1) is 10.4. The van der Waals surface area contributed by atoms with Crippen LogP contribution in [0.1, 0.15) is 33.6 Å². The molecule has 1 amide bonds. The van der Waals surface area contributed by atoms with Crippen LogP contribution in [0.4, 0.5) is 0 Å². The molecule has 0 radical (unpaired) electrons. The molecule has 3 nitrogen and oxygen atoms in total. The van der Waals surface area contributed by atoms with E-state index in [1.807, 2.05) is 13.8 Å². The second kappa shape index (κ2) is 5.13. The van der Waals surface area contributed by atoms with Gasteiger partial charge < -0.3 is 0 Å². The van der Waals surface area contributed by atoms with E-state index in [2.05, 4.69) is 12.3 Å². The van der Waals surface area contributed by atoms with Gasteiger partial charge in [0, 0.05) is 19.5 Å². The molecule has 11 heavy (non-hydrogen) atoms. The number of rotatable bonds is 4. The van der Waals surface area contributed by atoms with Gasteiger partial charge in [0.25, 0.3) is 0 Å². The minimum atomic E-state index is 0.154. The Hall–Kier alpha value is -0.570. The molecule has 0 aromatic carbocycles. The van der Waals surface area contributed by atoms with Gasteiger partial charge in [-0.2, -0.15) is 0 Å². The summed E-state index contributed by atoms with van der Waals surface area (Å²) in [5.74, 6) is 0.154. The first-order valence-corrected chi connectivity index (χ1v) is 4.16. The molecule has 1 unspecified atom stereocenters. The Morgan fingerprint density at radius 2 is 2.09 bits per heavy atom. The Balaban J connectivity index is 4.03. The van der Waals surface area contributed by atoms with Crippen LogP contribution in [-0.2, 0) is 4.79 Å². The molecule has 0 aromatic rings. The lowest BCUT2D eigenvalue weighted by Crippen LogP contribution is -2.45. The van der Waals surface area contributed by atoms with Gasteiger partial charge in [0.05, 0.1) is 0 Å². The van der Waals surface area contributed by atoms with Gasteiger partial charge in [0.2, 0.25) is 5.91 Å². The van der Waals surface area contributed by atoms with E-state index in [9.17, 15) is 4.79 Å². The molecule has 0 aromatic heterocycles. The maximum absolute atomic E-state index is 11.2. The molecule has 0 spiro atoms. The van der Waals surface area contributed by atoms with Crippen molar-refractivity contribution in [1.82, 2.24) is 10.4 Å². The SMILES string of the molecule is CCC(=O)N(NC)C(C)CC. The second-order valence-corrected chi connectivity index (χ2v) is 2.60. The van der Waals surface area contributed by atoms with Crippen molar-refractivity contribution in [3.63, 3.8) is 0 Å². The van der Waals surface area contributed by atoms with E-state index in [0.717, 1.165) is 6.42 Å². The zero-order chi connectivity index (χ0) is 8.85. The fraction of sp³-hybridized carbons (Fsp3) is 0.875. The summed E-state index contributed by atoms with van der Waals surface area (Å²) in [4.78, 5) is 11.2. The highest BCUT2D eigenvalue weighted by Crippen LogP contribution is 2.01. The highest BCUT2D eigenvalue weighted by molar-refractivity contribution is 5.75. The van der Waals surface area contributed by atoms with E-state index in [1.165, 1.54) is 0 Å². The van der Waals surface area contributed by atoms with Gasteiger partial charge in [-0.25, -0.2) is 5.43 Å². The molecule has 0 saturated heterocycles. The van der Waals surface area contributed by atoms with Gasteiger partial charge in [0.15, 0.2) is 0 Å². The molecule has 1 N–H and O–H groups in total. The van der Waals surface area contributed by atoms with Crippen molar-refractivity contribution in [2.75, 3.05) is 7.05 Å². The summed E-state index contributed by atoms with van der Waals surface area (Å²) >= 11 is 0. The number of carbonyl (C=O) groups is 1. The number of hydrogen-bond acceptors (Lipinski definition) is 2. The number of hydrazine groups is 1. The predicted molar refractivity (Wildman–Crippen MR) is 45.9 cm³/mol. The van der Waals surface area contributed by atoms with E-state index in [4.69, 9.17) is 0 Å². The smallest absolute Gasteiger partial charge is 0.236 e. The third-order valence-corrected chi connectivity index (χ3v) is 1.84. The fourth-order valence-electron chi connectivity index (χ4n) is 0.944. The minimum absolute atomic E-state index is 0.154. The van der Waals surface area contributed by atoms with Gasteiger partial charge in [-0.05, 0) is 13.3 Å². The maximum atomic E-state index is 11.2. The van der Waals surface area contributed by atoms with Crippen molar-refractivity contribution in [3.8, 4) is 0 Å². The third kappa shape index (κ3) is 2.89. The van der Waals surface area contributed by atoms with Crippen LogP contribution >= 0.6 is 0 Å². The Morgan fingerprint density at radius 3 is 2.36 bits per heavy atom. The Labute approximate surface area is 68.7 Å². The van der Waals surface area contributed by atoms with Crippen LogP contribution in [0.25, 0.3) is 0 Å². The molecule has 0 heterocycles. The topological polar surface area (TPSA) is 32.3 Å². The molecule has 66 valence electrons. The molecule has 0 fully saturated rings. The van der Waals surface area contributed by atoms with Crippen LogP contribution in [0.5, 0.6) is 0 Å². The molecule has 3 heteroatoms. The minimum Gasteiger partial charge on any atom is -0.276 e. The zero-order valence-electron chi connectivity index (χ0n) is 7.85. The molecule has 0 aliphatic heterocycles. The zero-order valence-corrected chi connectivity index (χ0v) is 7.85. The summed E-state index contributed by atoms with van der Waals surface area (Å²) in [6, 6.07) is 0.285. The number of carbonyl (C=O) groups excluding carboxylic acids is 1. The van der Waals surface area contributed by atoms with Gasteiger partial charge in [-0.1, -0.05) is 13.8 Å².